The van der Waals surface area contributed by atoms with E-state index in [1.165, 1.54) is 25.3 Å². The summed E-state index contributed by atoms with van der Waals surface area (Å²) in [6, 6.07) is 4.63. The molecule has 1 aromatic heterocycles. The topological polar surface area (TPSA) is 79.2 Å². The number of para-hydroxylation sites is 1. The Kier molecular flexibility index (Phi) is 3.74. The van der Waals surface area contributed by atoms with Gasteiger partial charge in [-0.1, -0.05) is 6.07 Å². The molecule has 0 unspecified atom stereocenters. The van der Waals surface area contributed by atoms with Gasteiger partial charge >= 0.3 is 11.9 Å². The molecule has 0 saturated carbocycles. The van der Waals surface area contributed by atoms with Crippen LogP contribution in [0.1, 0.15) is 5.69 Å². The molecule has 0 amide bonds. The van der Waals surface area contributed by atoms with Crippen LogP contribution in [0.15, 0.2) is 33.9 Å². The van der Waals surface area contributed by atoms with E-state index < -0.39 is 23.1 Å². The van der Waals surface area contributed by atoms with Crippen LogP contribution in [0.25, 0.3) is 5.69 Å². The van der Waals surface area contributed by atoms with Crippen LogP contribution in [-0.2, 0) is 13.2 Å². The van der Waals surface area contributed by atoms with E-state index in [-0.39, 0.29) is 17.1 Å². The predicted octanol–water partition coefficient (Wildman–Crippen LogP) is 1.15. The van der Waals surface area contributed by atoms with Crippen molar-refractivity contribution in [3.63, 3.8) is 0 Å². The first-order valence-electron chi connectivity index (χ1n) is 6.01. The molecule has 0 aliphatic carbocycles. The molecule has 0 aliphatic heterocycles. The molecular formula is C13H12F3N3O3. The van der Waals surface area contributed by atoms with Crippen LogP contribution < -0.4 is 21.7 Å². The average Bonchev–Trinajstić information content (AvgIpc) is 2.42. The van der Waals surface area contributed by atoms with Gasteiger partial charge in [-0.25, -0.2) is 9.36 Å². The Hall–Kier alpha value is -2.71. The zero-order valence-corrected chi connectivity index (χ0v) is 11.6. The number of aromatic nitrogens is 2. The summed E-state index contributed by atoms with van der Waals surface area (Å²) in [4.78, 5) is 24.2. The molecule has 0 fully saturated rings. The Labute approximate surface area is 122 Å². The van der Waals surface area contributed by atoms with Crippen molar-refractivity contribution in [1.29, 1.82) is 0 Å². The Bertz CT molecular complexity index is 837. The standard InChI is InChI=1S/C13H12F3N3O3/c1-18-9(13(14,15)16)6-10(20)19(12(18)21)8-5-3-4-7(17)11(8)22-2/h3-6H,17H2,1-2H3. The van der Waals surface area contributed by atoms with Gasteiger partial charge in [0.25, 0.3) is 5.56 Å². The molecule has 0 saturated heterocycles. The number of methoxy groups -OCH3 is 1. The number of hydrogen-bond donors (Lipinski definition) is 1. The van der Waals surface area contributed by atoms with Gasteiger partial charge in [-0.05, 0) is 12.1 Å². The van der Waals surface area contributed by atoms with Crippen LogP contribution in [0.3, 0.4) is 0 Å². The Morgan fingerprint density at radius 1 is 1.23 bits per heavy atom. The molecule has 0 radical (unpaired) electrons. The molecule has 0 aliphatic rings. The van der Waals surface area contributed by atoms with Crippen LogP contribution >= 0.6 is 0 Å². The number of alkyl halides is 3. The quantitative estimate of drug-likeness (QED) is 0.843. The summed E-state index contributed by atoms with van der Waals surface area (Å²) in [5, 5.41) is 0. The van der Waals surface area contributed by atoms with Gasteiger partial charge in [0.05, 0.1) is 18.5 Å². The van der Waals surface area contributed by atoms with Crippen LogP contribution in [0.2, 0.25) is 0 Å². The normalized spacial score (nSPS) is 11.5. The van der Waals surface area contributed by atoms with Gasteiger partial charge in [0.1, 0.15) is 5.69 Å². The van der Waals surface area contributed by atoms with Gasteiger partial charge in [0.2, 0.25) is 0 Å². The third-order valence-electron chi connectivity index (χ3n) is 3.08. The molecule has 1 aromatic carbocycles. The van der Waals surface area contributed by atoms with Gasteiger partial charge in [0, 0.05) is 13.1 Å². The highest BCUT2D eigenvalue weighted by Gasteiger charge is 2.35. The summed E-state index contributed by atoms with van der Waals surface area (Å²) in [5.41, 5.74) is 2.19. The van der Waals surface area contributed by atoms with Crippen LogP contribution in [0, 0.1) is 0 Å². The lowest BCUT2D eigenvalue weighted by Gasteiger charge is -2.16. The molecule has 22 heavy (non-hydrogen) atoms. The second kappa shape index (κ2) is 5.24. The maximum atomic E-state index is 12.8. The zero-order chi connectivity index (χ0) is 16.7. The molecule has 0 atom stereocenters. The molecule has 118 valence electrons. The molecule has 0 spiro atoms. The van der Waals surface area contributed by atoms with Crippen molar-refractivity contribution in [2.75, 3.05) is 12.8 Å². The van der Waals surface area contributed by atoms with Gasteiger partial charge in [0.15, 0.2) is 5.75 Å². The van der Waals surface area contributed by atoms with E-state index in [1.807, 2.05) is 0 Å². The molecule has 2 aromatic rings. The minimum Gasteiger partial charge on any atom is -0.492 e. The molecule has 6 nitrogen and oxygen atoms in total. The fourth-order valence-electron chi connectivity index (χ4n) is 2.06. The predicted molar refractivity (Wildman–Crippen MR) is 73.2 cm³/mol. The third kappa shape index (κ3) is 2.45. The zero-order valence-electron chi connectivity index (χ0n) is 11.6. The third-order valence-corrected chi connectivity index (χ3v) is 3.08. The Balaban J connectivity index is 2.86. The van der Waals surface area contributed by atoms with Gasteiger partial charge < -0.3 is 10.5 Å². The monoisotopic (exact) mass is 315 g/mol. The number of hydrogen-bond acceptors (Lipinski definition) is 4. The first-order chi connectivity index (χ1) is 10.2. The summed E-state index contributed by atoms with van der Waals surface area (Å²) < 4.78 is 44.3. The summed E-state index contributed by atoms with van der Waals surface area (Å²) in [5.74, 6) is 0.0291. The second-order valence-corrected chi connectivity index (χ2v) is 4.44. The SMILES string of the molecule is COc1c(N)cccc1-n1c(=O)cc(C(F)(F)F)n(C)c1=O. The minimum atomic E-state index is -4.81. The number of halogens is 3. The van der Waals surface area contributed by atoms with Crippen molar-refractivity contribution < 1.29 is 17.9 Å². The van der Waals surface area contributed by atoms with E-state index in [0.717, 1.165) is 7.05 Å². The molecule has 2 N–H and O–H groups in total. The highest BCUT2D eigenvalue weighted by atomic mass is 19.4. The number of rotatable bonds is 2. The highest BCUT2D eigenvalue weighted by molar-refractivity contribution is 5.63. The number of ether oxygens (including phenoxy) is 1. The van der Waals surface area contributed by atoms with Crippen LogP contribution in [0.5, 0.6) is 5.75 Å². The summed E-state index contributed by atoms with van der Waals surface area (Å²) in [7, 11) is 2.20. The number of nitrogens with two attached hydrogens (primary N) is 1. The summed E-state index contributed by atoms with van der Waals surface area (Å²) >= 11 is 0. The van der Waals surface area contributed by atoms with E-state index in [9.17, 15) is 22.8 Å². The fourth-order valence-corrected chi connectivity index (χ4v) is 2.06. The largest absolute Gasteiger partial charge is 0.492 e. The molecule has 9 heteroatoms. The Morgan fingerprint density at radius 2 is 1.86 bits per heavy atom. The van der Waals surface area contributed by atoms with Crippen molar-refractivity contribution in [3.8, 4) is 11.4 Å². The highest BCUT2D eigenvalue weighted by Crippen LogP contribution is 2.29. The lowest BCUT2D eigenvalue weighted by Crippen LogP contribution is -2.40. The fraction of sp³-hybridized carbons (Fsp3) is 0.231. The molecular weight excluding hydrogens is 303 g/mol. The summed E-state index contributed by atoms with van der Waals surface area (Å²) in [6.45, 7) is 0. The van der Waals surface area contributed by atoms with Crippen LogP contribution in [0.4, 0.5) is 18.9 Å². The summed E-state index contributed by atoms with van der Waals surface area (Å²) in [6.07, 6.45) is -4.81. The number of nitrogens with zero attached hydrogens (tertiary/aromatic N) is 2. The van der Waals surface area contributed by atoms with E-state index in [2.05, 4.69) is 0 Å². The van der Waals surface area contributed by atoms with Crippen LogP contribution in [-0.4, -0.2) is 16.2 Å². The van der Waals surface area contributed by atoms with Crippen molar-refractivity contribution in [2.24, 2.45) is 7.05 Å². The number of nitrogen functional groups attached to an aromatic ring is 1. The first kappa shape index (κ1) is 15.7. The van der Waals surface area contributed by atoms with Crippen molar-refractivity contribution in [1.82, 2.24) is 9.13 Å². The van der Waals surface area contributed by atoms with Crippen molar-refractivity contribution >= 4 is 5.69 Å². The number of benzene rings is 1. The molecule has 0 bridgehead atoms. The maximum absolute atomic E-state index is 12.8. The van der Waals surface area contributed by atoms with E-state index in [0.29, 0.717) is 15.2 Å². The van der Waals surface area contributed by atoms with E-state index >= 15 is 0 Å². The average molecular weight is 315 g/mol. The molecule has 1 heterocycles. The maximum Gasteiger partial charge on any atom is 0.431 e. The van der Waals surface area contributed by atoms with E-state index in [1.54, 1.807) is 0 Å². The second-order valence-electron chi connectivity index (χ2n) is 4.44. The van der Waals surface area contributed by atoms with Gasteiger partial charge in [-0.15, -0.1) is 0 Å². The minimum absolute atomic E-state index is 0.0261. The van der Waals surface area contributed by atoms with Crippen molar-refractivity contribution in [2.45, 2.75) is 6.18 Å². The first-order valence-corrected chi connectivity index (χ1v) is 6.01. The van der Waals surface area contributed by atoms with Gasteiger partial charge in [-0.3, -0.25) is 9.36 Å². The lowest BCUT2D eigenvalue weighted by atomic mass is 10.2. The smallest absolute Gasteiger partial charge is 0.431 e. The lowest BCUT2D eigenvalue weighted by molar-refractivity contribution is -0.144. The molecule has 2 rings (SSSR count). The van der Waals surface area contributed by atoms with E-state index in [4.69, 9.17) is 10.5 Å². The van der Waals surface area contributed by atoms with Crippen molar-refractivity contribution in [3.05, 3.63) is 50.8 Å². The van der Waals surface area contributed by atoms with Gasteiger partial charge in [-0.2, -0.15) is 13.2 Å². The number of anilines is 1. The Morgan fingerprint density at radius 3 is 2.41 bits per heavy atom.